The fraction of sp³-hybridized carbons (Fsp3) is 1.00. The molecule has 0 radical (unpaired) electrons. The molecule has 0 aromatic carbocycles. The van der Waals surface area contributed by atoms with Crippen molar-refractivity contribution in [3.8, 4) is 0 Å². The van der Waals surface area contributed by atoms with Crippen molar-refractivity contribution in [1.82, 2.24) is 5.32 Å². The minimum atomic E-state index is 0.252. The Hall–Kier alpha value is 0.690. The van der Waals surface area contributed by atoms with Gasteiger partial charge in [0.15, 0.2) is 0 Å². The van der Waals surface area contributed by atoms with Gasteiger partial charge in [0.25, 0.3) is 0 Å². The van der Waals surface area contributed by atoms with E-state index in [-0.39, 0.29) is 5.54 Å². The van der Waals surface area contributed by atoms with Crippen LogP contribution in [0.3, 0.4) is 0 Å². The zero-order valence-electron chi connectivity index (χ0n) is 7.59. The van der Waals surface area contributed by atoms with Gasteiger partial charge < -0.3 is 5.32 Å². The fourth-order valence-corrected chi connectivity index (χ4v) is 0.666. The third-order valence-electron chi connectivity index (χ3n) is 1.04. The third kappa shape index (κ3) is 8.69. The molecule has 1 N–H and O–H groups in total. The predicted octanol–water partition coefficient (Wildman–Crippen LogP) is 2.59. The van der Waals surface area contributed by atoms with Gasteiger partial charge in [-0.15, -0.1) is 0 Å². The highest BCUT2D eigenvalue weighted by atomic mass is 127. The highest BCUT2D eigenvalue weighted by Gasteiger charge is 2.16. The van der Waals surface area contributed by atoms with E-state index in [0.717, 1.165) is 6.54 Å². The van der Waals surface area contributed by atoms with Gasteiger partial charge in [-0.1, -0.05) is 22.6 Å². The molecule has 62 valence electrons. The van der Waals surface area contributed by atoms with Crippen molar-refractivity contribution in [3.63, 3.8) is 0 Å². The van der Waals surface area contributed by atoms with E-state index in [1.807, 2.05) is 0 Å². The molecule has 0 heterocycles. The lowest BCUT2D eigenvalue weighted by Gasteiger charge is -2.26. The molecule has 0 aromatic heterocycles. The molecule has 0 amide bonds. The lowest BCUT2D eigenvalue weighted by Crippen LogP contribution is -2.42. The SMILES string of the molecule is CC(C)(I)CNC(C)(C)C. The monoisotopic (exact) mass is 255 g/mol. The Balaban J connectivity index is 3.56. The van der Waals surface area contributed by atoms with Gasteiger partial charge in [0.1, 0.15) is 0 Å². The molecule has 0 saturated carbocycles. The van der Waals surface area contributed by atoms with Gasteiger partial charge in [-0.2, -0.15) is 0 Å². The zero-order chi connectivity index (χ0) is 8.41. The van der Waals surface area contributed by atoms with Gasteiger partial charge >= 0.3 is 0 Å². The lowest BCUT2D eigenvalue weighted by atomic mass is 10.1. The molecule has 2 heteroatoms. The van der Waals surface area contributed by atoms with Crippen LogP contribution in [-0.4, -0.2) is 15.5 Å². The van der Waals surface area contributed by atoms with Gasteiger partial charge in [0.2, 0.25) is 0 Å². The van der Waals surface area contributed by atoms with Crippen molar-refractivity contribution in [2.45, 2.75) is 43.6 Å². The molecule has 10 heavy (non-hydrogen) atoms. The summed E-state index contributed by atoms with van der Waals surface area (Å²) in [6.45, 7) is 12.1. The first kappa shape index (κ1) is 10.7. The van der Waals surface area contributed by atoms with Gasteiger partial charge in [-0.3, -0.25) is 0 Å². The predicted molar refractivity (Wildman–Crippen MR) is 55.9 cm³/mol. The van der Waals surface area contributed by atoms with Crippen molar-refractivity contribution in [3.05, 3.63) is 0 Å². The van der Waals surface area contributed by atoms with E-state index in [0.29, 0.717) is 3.42 Å². The minimum absolute atomic E-state index is 0.252. The summed E-state index contributed by atoms with van der Waals surface area (Å²) < 4.78 is 0.366. The van der Waals surface area contributed by atoms with Crippen LogP contribution < -0.4 is 5.32 Å². The average molecular weight is 255 g/mol. The first-order valence-corrected chi connectivity index (χ1v) is 4.72. The minimum Gasteiger partial charge on any atom is -0.311 e. The van der Waals surface area contributed by atoms with Crippen LogP contribution in [0.5, 0.6) is 0 Å². The number of hydrogen-bond donors (Lipinski definition) is 1. The van der Waals surface area contributed by atoms with Crippen LogP contribution in [0, 0.1) is 0 Å². The summed E-state index contributed by atoms with van der Waals surface area (Å²) >= 11 is 2.45. The number of alkyl halides is 1. The van der Waals surface area contributed by atoms with Crippen molar-refractivity contribution in [1.29, 1.82) is 0 Å². The number of rotatable bonds is 2. The van der Waals surface area contributed by atoms with Crippen LogP contribution in [0.15, 0.2) is 0 Å². The standard InChI is InChI=1S/C8H18IN/c1-7(2,3)10-6-8(4,5)9/h10H,6H2,1-5H3. The maximum atomic E-state index is 3.45. The molecular weight excluding hydrogens is 237 g/mol. The maximum absolute atomic E-state index is 3.45. The second-order valence-electron chi connectivity index (χ2n) is 4.32. The van der Waals surface area contributed by atoms with Crippen molar-refractivity contribution < 1.29 is 0 Å². The van der Waals surface area contributed by atoms with E-state index >= 15 is 0 Å². The van der Waals surface area contributed by atoms with E-state index in [1.165, 1.54) is 0 Å². The van der Waals surface area contributed by atoms with Gasteiger partial charge in [-0.25, -0.2) is 0 Å². The fourth-order valence-electron chi connectivity index (χ4n) is 0.475. The number of halogens is 1. The molecule has 0 unspecified atom stereocenters. The summed E-state index contributed by atoms with van der Waals surface area (Å²) in [5.74, 6) is 0. The summed E-state index contributed by atoms with van der Waals surface area (Å²) in [5, 5.41) is 3.45. The Labute approximate surface area is 78.1 Å². The highest BCUT2D eigenvalue weighted by Crippen LogP contribution is 2.15. The topological polar surface area (TPSA) is 12.0 Å². The van der Waals surface area contributed by atoms with Crippen molar-refractivity contribution in [2.24, 2.45) is 0 Å². The molecule has 0 aliphatic rings. The second kappa shape index (κ2) is 3.39. The second-order valence-corrected chi connectivity index (χ2v) is 7.24. The Morgan fingerprint density at radius 2 is 1.50 bits per heavy atom. The van der Waals surface area contributed by atoms with E-state index < -0.39 is 0 Å². The molecule has 0 atom stereocenters. The van der Waals surface area contributed by atoms with Gasteiger partial charge in [0.05, 0.1) is 0 Å². The van der Waals surface area contributed by atoms with Gasteiger partial charge in [0, 0.05) is 15.5 Å². The first-order chi connectivity index (χ1) is 4.21. The number of hydrogen-bond acceptors (Lipinski definition) is 1. The number of nitrogens with one attached hydrogen (secondary N) is 1. The summed E-state index contributed by atoms with van der Waals surface area (Å²) in [6.07, 6.45) is 0. The zero-order valence-corrected chi connectivity index (χ0v) is 9.74. The van der Waals surface area contributed by atoms with Crippen LogP contribution in [0.1, 0.15) is 34.6 Å². The molecular formula is C8H18IN. The molecule has 0 bridgehead atoms. The molecule has 0 rings (SSSR count). The quantitative estimate of drug-likeness (QED) is 0.590. The summed E-state index contributed by atoms with van der Waals surface area (Å²) in [5.41, 5.74) is 0.252. The molecule has 0 aromatic rings. The largest absolute Gasteiger partial charge is 0.311 e. The Bertz CT molecular complexity index is 82.8. The molecule has 0 aliphatic carbocycles. The Morgan fingerprint density at radius 3 is 1.60 bits per heavy atom. The van der Waals surface area contributed by atoms with E-state index in [1.54, 1.807) is 0 Å². The average Bonchev–Trinajstić information content (AvgIpc) is 1.57. The van der Waals surface area contributed by atoms with Crippen LogP contribution >= 0.6 is 22.6 Å². The Kier molecular flexibility index (Phi) is 3.62. The molecule has 0 spiro atoms. The van der Waals surface area contributed by atoms with Crippen LogP contribution in [0.2, 0.25) is 0 Å². The normalized spacial score (nSPS) is 13.8. The lowest BCUT2D eigenvalue weighted by molar-refractivity contribution is 0.411. The molecule has 0 aliphatic heterocycles. The summed E-state index contributed by atoms with van der Waals surface area (Å²) in [7, 11) is 0. The molecule has 0 fully saturated rings. The van der Waals surface area contributed by atoms with Crippen LogP contribution in [0.25, 0.3) is 0 Å². The van der Waals surface area contributed by atoms with Crippen molar-refractivity contribution in [2.75, 3.05) is 6.54 Å². The highest BCUT2D eigenvalue weighted by molar-refractivity contribution is 14.1. The van der Waals surface area contributed by atoms with Crippen LogP contribution in [-0.2, 0) is 0 Å². The maximum Gasteiger partial charge on any atom is 0.0290 e. The van der Waals surface area contributed by atoms with E-state index in [2.05, 4.69) is 62.5 Å². The molecule has 1 nitrogen and oxygen atoms in total. The van der Waals surface area contributed by atoms with Crippen molar-refractivity contribution >= 4 is 22.6 Å². The van der Waals surface area contributed by atoms with Crippen LogP contribution in [0.4, 0.5) is 0 Å². The summed E-state index contributed by atoms with van der Waals surface area (Å²) in [4.78, 5) is 0. The molecule has 0 saturated heterocycles. The van der Waals surface area contributed by atoms with E-state index in [4.69, 9.17) is 0 Å². The Morgan fingerprint density at radius 1 is 1.10 bits per heavy atom. The van der Waals surface area contributed by atoms with Gasteiger partial charge in [-0.05, 0) is 34.6 Å². The third-order valence-corrected chi connectivity index (χ3v) is 1.42. The smallest absolute Gasteiger partial charge is 0.0290 e. The first-order valence-electron chi connectivity index (χ1n) is 3.65. The summed E-state index contributed by atoms with van der Waals surface area (Å²) in [6, 6.07) is 0. The van der Waals surface area contributed by atoms with E-state index in [9.17, 15) is 0 Å².